The molecule has 0 aliphatic carbocycles. The Kier molecular flexibility index (Phi) is 3.52. The summed E-state index contributed by atoms with van der Waals surface area (Å²) in [6.45, 7) is 6.85. The number of benzene rings is 3. The van der Waals surface area contributed by atoms with Crippen molar-refractivity contribution in [2.75, 3.05) is 12.1 Å². The Morgan fingerprint density at radius 1 is 0.900 bits per heavy atom. The first-order valence-corrected chi connectivity index (χ1v) is 10.3. The standard InChI is InChI=1S/C26H23NO3/c1-15-13-26(2,3)27-19-10-9-18-17-6-4-5-7-20(17)30-25(24(18)23(15)19)16-8-11-21-22(12-16)29-14-28-21/h4-13,25,27H,14H2,1-3H3. The van der Waals surface area contributed by atoms with E-state index in [1.165, 1.54) is 22.3 Å². The Morgan fingerprint density at radius 2 is 1.73 bits per heavy atom. The minimum Gasteiger partial charge on any atom is -0.480 e. The van der Waals surface area contributed by atoms with Crippen LogP contribution in [0.4, 0.5) is 5.69 Å². The molecule has 1 N–H and O–H groups in total. The number of nitrogens with one attached hydrogen (secondary N) is 1. The van der Waals surface area contributed by atoms with Crippen LogP contribution in [0.2, 0.25) is 0 Å². The molecule has 3 aromatic carbocycles. The number of ether oxygens (including phenoxy) is 3. The lowest BCUT2D eigenvalue weighted by atomic mass is 9.80. The van der Waals surface area contributed by atoms with Crippen LogP contribution in [0.15, 0.2) is 60.7 Å². The summed E-state index contributed by atoms with van der Waals surface area (Å²) in [5, 5.41) is 3.68. The molecule has 3 aliphatic heterocycles. The molecule has 4 nitrogen and oxygen atoms in total. The van der Waals surface area contributed by atoms with Gasteiger partial charge in [-0.25, -0.2) is 0 Å². The Labute approximate surface area is 176 Å². The van der Waals surface area contributed by atoms with Gasteiger partial charge in [-0.15, -0.1) is 0 Å². The molecule has 0 spiro atoms. The second-order valence-electron chi connectivity index (χ2n) is 8.73. The largest absolute Gasteiger partial charge is 0.480 e. The van der Waals surface area contributed by atoms with Crippen LogP contribution in [0.25, 0.3) is 16.7 Å². The number of hydrogen-bond donors (Lipinski definition) is 1. The van der Waals surface area contributed by atoms with Crippen LogP contribution in [0, 0.1) is 0 Å². The molecule has 0 bridgehead atoms. The molecular formula is C26H23NO3. The highest BCUT2D eigenvalue weighted by atomic mass is 16.7. The quantitative estimate of drug-likeness (QED) is 0.533. The van der Waals surface area contributed by atoms with E-state index >= 15 is 0 Å². The third-order valence-corrected chi connectivity index (χ3v) is 6.06. The van der Waals surface area contributed by atoms with Gasteiger partial charge in [0.1, 0.15) is 5.75 Å². The summed E-state index contributed by atoms with van der Waals surface area (Å²) >= 11 is 0. The molecule has 0 saturated heterocycles. The van der Waals surface area contributed by atoms with E-state index in [0.717, 1.165) is 34.1 Å². The SMILES string of the molecule is CC1=CC(C)(C)Nc2ccc3c(c21)C(c1ccc2c(c1)OCO2)Oc1ccccc1-3. The van der Waals surface area contributed by atoms with E-state index in [9.17, 15) is 0 Å². The van der Waals surface area contributed by atoms with Gasteiger partial charge in [-0.1, -0.05) is 36.4 Å². The topological polar surface area (TPSA) is 39.7 Å². The van der Waals surface area contributed by atoms with Crippen LogP contribution >= 0.6 is 0 Å². The monoisotopic (exact) mass is 397 g/mol. The first kappa shape index (κ1) is 17.5. The zero-order valence-corrected chi connectivity index (χ0v) is 17.3. The van der Waals surface area contributed by atoms with Crippen molar-refractivity contribution in [3.63, 3.8) is 0 Å². The van der Waals surface area contributed by atoms with Gasteiger partial charge in [0.15, 0.2) is 17.6 Å². The van der Waals surface area contributed by atoms with Crippen LogP contribution in [-0.2, 0) is 0 Å². The maximum atomic E-state index is 6.62. The maximum absolute atomic E-state index is 6.62. The minimum atomic E-state index is -0.231. The van der Waals surface area contributed by atoms with Crippen molar-refractivity contribution in [1.29, 1.82) is 0 Å². The van der Waals surface area contributed by atoms with Crippen molar-refractivity contribution >= 4 is 11.3 Å². The summed E-state index contributed by atoms with van der Waals surface area (Å²) in [7, 11) is 0. The number of hydrogen-bond acceptors (Lipinski definition) is 4. The number of rotatable bonds is 1. The lowest BCUT2D eigenvalue weighted by Gasteiger charge is -2.37. The van der Waals surface area contributed by atoms with Crippen molar-refractivity contribution in [1.82, 2.24) is 0 Å². The summed E-state index contributed by atoms with van der Waals surface area (Å²) in [5.41, 5.74) is 8.14. The Balaban J connectivity index is 1.61. The number of para-hydroxylation sites is 1. The molecule has 1 atom stereocenters. The maximum Gasteiger partial charge on any atom is 0.231 e. The molecule has 0 saturated carbocycles. The molecule has 0 amide bonds. The third-order valence-electron chi connectivity index (χ3n) is 6.06. The van der Waals surface area contributed by atoms with E-state index < -0.39 is 0 Å². The fourth-order valence-electron chi connectivity index (χ4n) is 4.94. The van der Waals surface area contributed by atoms with Crippen molar-refractivity contribution in [2.45, 2.75) is 32.4 Å². The van der Waals surface area contributed by atoms with Crippen LogP contribution in [-0.4, -0.2) is 12.3 Å². The first-order chi connectivity index (χ1) is 14.5. The average Bonchev–Trinajstić information content (AvgIpc) is 3.19. The van der Waals surface area contributed by atoms with Gasteiger partial charge < -0.3 is 19.5 Å². The molecule has 3 heterocycles. The van der Waals surface area contributed by atoms with Crippen molar-refractivity contribution in [3.05, 3.63) is 77.4 Å². The molecule has 150 valence electrons. The van der Waals surface area contributed by atoms with E-state index in [0.29, 0.717) is 0 Å². The molecule has 6 rings (SSSR count). The molecule has 1 unspecified atom stereocenters. The summed E-state index contributed by atoms with van der Waals surface area (Å²) in [6, 6.07) is 18.8. The Hall–Kier alpha value is -3.40. The van der Waals surface area contributed by atoms with Gasteiger partial charge >= 0.3 is 0 Å². The van der Waals surface area contributed by atoms with Gasteiger partial charge in [-0.3, -0.25) is 0 Å². The second-order valence-corrected chi connectivity index (χ2v) is 8.73. The highest BCUT2D eigenvalue weighted by Crippen LogP contribution is 2.51. The minimum absolute atomic E-state index is 0.0903. The second kappa shape index (κ2) is 6.05. The molecular weight excluding hydrogens is 374 g/mol. The summed E-state index contributed by atoms with van der Waals surface area (Å²) in [4.78, 5) is 0. The smallest absolute Gasteiger partial charge is 0.231 e. The van der Waals surface area contributed by atoms with Gasteiger partial charge in [-0.2, -0.15) is 0 Å². The molecule has 3 aromatic rings. The Bertz CT molecular complexity index is 1220. The molecule has 0 aromatic heterocycles. The van der Waals surface area contributed by atoms with E-state index in [2.05, 4.69) is 62.5 Å². The number of fused-ring (bicyclic) bond motifs is 6. The van der Waals surface area contributed by atoms with Crippen molar-refractivity contribution < 1.29 is 14.2 Å². The molecule has 0 radical (unpaired) electrons. The first-order valence-electron chi connectivity index (χ1n) is 10.3. The lowest BCUT2D eigenvalue weighted by Crippen LogP contribution is -2.32. The number of anilines is 1. The van der Waals surface area contributed by atoms with Crippen LogP contribution in [0.5, 0.6) is 17.2 Å². The molecule has 3 aliphatic rings. The van der Waals surface area contributed by atoms with Crippen LogP contribution in [0.3, 0.4) is 0 Å². The summed E-state index contributed by atoms with van der Waals surface area (Å²) in [5.74, 6) is 2.45. The van der Waals surface area contributed by atoms with E-state index in [1.54, 1.807) is 0 Å². The zero-order valence-electron chi connectivity index (χ0n) is 17.3. The normalized spacial score (nSPS) is 19.6. The molecule has 0 fully saturated rings. The van der Waals surface area contributed by atoms with Crippen molar-refractivity contribution in [3.8, 4) is 28.4 Å². The van der Waals surface area contributed by atoms with Gasteiger partial charge in [-0.05, 0) is 56.2 Å². The summed E-state index contributed by atoms with van der Waals surface area (Å²) < 4.78 is 17.8. The number of allylic oxidation sites excluding steroid dienone is 1. The molecule has 30 heavy (non-hydrogen) atoms. The van der Waals surface area contributed by atoms with Gasteiger partial charge in [0, 0.05) is 27.9 Å². The predicted octanol–water partition coefficient (Wildman–Crippen LogP) is 6.17. The van der Waals surface area contributed by atoms with Crippen LogP contribution < -0.4 is 19.5 Å². The third kappa shape index (κ3) is 2.53. The summed E-state index contributed by atoms with van der Waals surface area (Å²) in [6.07, 6.45) is 2.07. The fourth-order valence-corrected chi connectivity index (χ4v) is 4.94. The van der Waals surface area contributed by atoms with Gasteiger partial charge in [0.25, 0.3) is 0 Å². The van der Waals surface area contributed by atoms with E-state index in [1.807, 2.05) is 24.3 Å². The molecule has 4 heteroatoms. The average molecular weight is 397 g/mol. The highest BCUT2D eigenvalue weighted by molar-refractivity contribution is 5.90. The van der Waals surface area contributed by atoms with Gasteiger partial charge in [0.05, 0.1) is 5.54 Å². The van der Waals surface area contributed by atoms with E-state index in [4.69, 9.17) is 14.2 Å². The lowest BCUT2D eigenvalue weighted by molar-refractivity contribution is 0.173. The van der Waals surface area contributed by atoms with E-state index in [-0.39, 0.29) is 18.4 Å². The zero-order chi connectivity index (χ0) is 20.5. The van der Waals surface area contributed by atoms with Gasteiger partial charge in [0.2, 0.25) is 6.79 Å². The van der Waals surface area contributed by atoms with Crippen LogP contribution in [0.1, 0.15) is 43.6 Å². The Morgan fingerprint density at radius 3 is 2.63 bits per heavy atom. The predicted molar refractivity (Wildman–Crippen MR) is 118 cm³/mol. The highest BCUT2D eigenvalue weighted by Gasteiger charge is 2.34. The fraction of sp³-hybridized carbons (Fsp3) is 0.231. The van der Waals surface area contributed by atoms with Crippen molar-refractivity contribution in [2.24, 2.45) is 0 Å².